The molecule has 0 aliphatic carbocycles. The van der Waals surface area contributed by atoms with E-state index in [4.69, 9.17) is 19.8 Å². The minimum absolute atomic E-state index is 0.153. The molecule has 14 heavy (non-hydrogen) atoms. The first-order valence-electron chi connectivity index (χ1n) is 3.72. The van der Waals surface area contributed by atoms with E-state index in [-0.39, 0.29) is 6.04 Å². The number of carboxylic acid groups (broad SMARTS) is 2. The second-order valence-corrected chi connectivity index (χ2v) is 5.09. The molecular weight excluding hydrogens is 214 g/mol. The average Bonchev–Trinajstić information content (AvgIpc) is 2.30. The number of quaternary nitrogens is 1. The van der Waals surface area contributed by atoms with Gasteiger partial charge in [-0.15, -0.1) is 0 Å². The first-order chi connectivity index (χ1) is 6.24. The largest absolute Gasteiger partial charge is 0.539 e. The smallest absolute Gasteiger partial charge is 0.351 e. The van der Waals surface area contributed by atoms with E-state index in [0.717, 1.165) is 6.42 Å². The molecule has 4 N–H and O–H groups in total. The molecule has 0 bridgehead atoms. The van der Waals surface area contributed by atoms with Crippen molar-refractivity contribution in [3.05, 3.63) is 0 Å². The van der Waals surface area contributed by atoms with Crippen LogP contribution in [0.15, 0.2) is 0 Å². The van der Waals surface area contributed by atoms with Crippen LogP contribution in [0.1, 0.15) is 6.42 Å². The summed E-state index contributed by atoms with van der Waals surface area (Å²) in [5, 5.41) is 16.3. The molecular formula is C6H11NO6S. The summed E-state index contributed by atoms with van der Waals surface area (Å²) in [7, 11) is -2.66. The quantitative estimate of drug-likeness (QED) is 0.406. The van der Waals surface area contributed by atoms with Crippen LogP contribution in [0, 0.1) is 0 Å². The number of carboxylic acids is 2. The predicted octanol–water partition coefficient (Wildman–Crippen LogP) is -3.76. The van der Waals surface area contributed by atoms with Crippen LogP contribution in [0.3, 0.4) is 0 Å². The van der Waals surface area contributed by atoms with Crippen molar-refractivity contribution in [3.63, 3.8) is 0 Å². The summed E-state index contributed by atoms with van der Waals surface area (Å²) in [4.78, 5) is 18.0. The van der Waals surface area contributed by atoms with Gasteiger partial charge in [-0.2, -0.15) is 0 Å². The van der Waals surface area contributed by atoms with Gasteiger partial charge >= 0.3 is 5.97 Å². The molecule has 0 aromatic heterocycles. The summed E-state index contributed by atoms with van der Waals surface area (Å²) >= 11 is 0. The minimum atomic E-state index is -2.66. The van der Waals surface area contributed by atoms with Gasteiger partial charge in [0.05, 0.1) is 11.8 Å². The zero-order valence-electron chi connectivity index (χ0n) is 7.30. The van der Waals surface area contributed by atoms with E-state index in [1.165, 1.54) is 0 Å². The highest BCUT2D eigenvalue weighted by Gasteiger charge is 2.27. The number of carbonyl (C=O) groups excluding carboxylic acids is 1. The zero-order valence-corrected chi connectivity index (χ0v) is 8.12. The standard InChI is InChI=1S/C4H9NO2S.C2H2O4/c5-4-1-2-8(6,7)3-4;3-1(4)2(5)6/h4H,1-3,5H2;(H,3,4)(H,5,6). The molecule has 1 aliphatic rings. The van der Waals surface area contributed by atoms with E-state index in [2.05, 4.69) is 5.73 Å². The van der Waals surface area contributed by atoms with Gasteiger partial charge in [-0.1, -0.05) is 0 Å². The van der Waals surface area contributed by atoms with Crippen LogP contribution < -0.4 is 10.8 Å². The summed E-state index contributed by atoms with van der Waals surface area (Å²) < 4.78 is 21.2. The van der Waals surface area contributed by atoms with E-state index in [1.807, 2.05) is 0 Å². The second-order valence-electron chi connectivity index (χ2n) is 2.86. The van der Waals surface area contributed by atoms with Crippen molar-refractivity contribution in [2.75, 3.05) is 11.5 Å². The number of hydrogen-bond acceptors (Lipinski definition) is 5. The Morgan fingerprint density at radius 2 is 1.86 bits per heavy atom. The summed E-state index contributed by atoms with van der Waals surface area (Å²) in [6, 6.07) is 0.153. The van der Waals surface area contributed by atoms with Gasteiger partial charge in [-0.3, -0.25) is 0 Å². The first-order valence-corrected chi connectivity index (χ1v) is 5.54. The van der Waals surface area contributed by atoms with Crippen molar-refractivity contribution in [2.24, 2.45) is 0 Å². The lowest BCUT2D eigenvalue weighted by atomic mass is 10.3. The number of sulfone groups is 1. The van der Waals surface area contributed by atoms with Crippen molar-refractivity contribution >= 4 is 21.8 Å². The van der Waals surface area contributed by atoms with E-state index in [1.54, 1.807) is 0 Å². The van der Waals surface area contributed by atoms with Gasteiger partial charge in [0.1, 0.15) is 5.75 Å². The molecule has 1 atom stereocenters. The maximum Gasteiger partial charge on any atom is 0.351 e. The highest BCUT2D eigenvalue weighted by Crippen LogP contribution is 2.06. The molecule has 0 aromatic carbocycles. The van der Waals surface area contributed by atoms with E-state index < -0.39 is 21.8 Å². The molecule has 82 valence electrons. The van der Waals surface area contributed by atoms with E-state index >= 15 is 0 Å². The molecule has 1 unspecified atom stereocenters. The summed E-state index contributed by atoms with van der Waals surface area (Å²) in [6.07, 6.45) is 0.752. The third-order valence-electron chi connectivity index (χ3n) is 1.50. The van der Waals surface area contributed by atoms with Gasteiger partial charge in [-0.05, 0) is 0 Å². The van der Waals surface area contributed by atoms with Crippen molar-refractivity contribution in [2.45, 2.75) is 12.5 Å². The van der Waals surface area contributed by atoms with Crippen molar-refractivity contribution in [3.8, 4) is 0 Å². The highest BCUT2D eigenvalue weighted by atomic mass is 32.2. The van der Waals surface area contributed by atoms with Crippen molar-refractivity contribution in [1.29, 1.82) is 0 Å². The Bertz CT molecular complexity index is 309. The van der Waals surface area contributed by atoms with E-state index in [0.29, 0.717) is 11.5 Å². The molecule has 1 aliphatic heterocycles. The lowest BCUT2D eigenvalue weighted by Crippen LogP contribution is -2.61. The first kappa shape index (κ1) is 12.8. The Morgan fingerprint density at radius 1 is 1.43 bits per heavy atom. The predicted molar refractivity (Wildman–Crippen MR) is 42.6 cm³/mol. The summed E-state index contributed by atoms with van der Waals surface area (Å²) in [5.41, 5.74) is 3.65. The molecule has 1 saturated heterocycles. The lowest BCUT2D eigenvalue weighted by molar-refractivity contribution is -0.410. The Hall–Kier alpha value is -1.15. The fourth-order valence-electron chi connectivity index (χ4n) is 0.872. The molecule has 0 amide bonds. The van der Waals surface area contributed by atoms with Crippen LogP contribution in [0.4, 0.5) is 0 Å². The molecule has 0 aromatic rings. The van der Waals surface area contributed by atoms with Crippen LogP contribution >= 0.6 is 0 Å². The van der Waals surface area contributed by atoms with E-state index in [9.17, 15) is 8.42 Å². The van der Waals surface area contributed by atoms with Crippen molar-refractivity contribution in [1.82, 2.24) is 0 Å². The summed E-state index contributed by atoms with van der Waals surface area (Å²) in [5.74, 6) is -3.36. The van der Waals surface area contributed by atoms with Crippen LogP contribution in [0.25, 0.3) is 0 Å². The minimum Gasteiger partial charge on any atom is -0.539 e. The highest BCUT2D eigenvalue weighted by molar-refractivity contribution is 7.91. The monoisotopic (exact) mass is 225 g/mol. The van der Waals surface area contributed by atoms with Crippen LogP contribution in [-0.2, 0) is 19.4 Å². The molecule has 0 spiro atoms. The van der Waals surface area contributed by atoms with Crippen LogP contribution in [-0.4, -0.2) is 43.0 Å². The zero-order chi connectivity index (χ0) is 11.4. The molecule has 7 nitrogen and oxygen atoms in total. The molecule has 8 heteroatoms. The molecule has 1 heterocycles. The molecule has 1 rings (SSSR count). The molecule has 0 radical (unpaired) electrons. The average molecular weight is 225 g/mol. The van der Waals surface area contributed by atoms with Gasteiger partial charge in [0.15, 0.2) is 15.8 Å². The topological polar surface area (TPSA) is 139 Å². The van der Waals surface area contributed by atoms with Crippen molar-refractivity contribution < 1.29 is 34.0 Å². The maximum atomic E-state index is 10.6. The molecule has 0 saturated carbocycles. The SMILES string of the molecule is O=C([O-])C(=O)O.[NH3+]C1CCS(=O)(=O)C1. The lowest BCUT2D eigenvalue weighted by Gasteiger charge is -1.87. The van der Waals surface area contributed by atoms with Crippen LogP contribution in [0.2, 0.25) is 0 Å². The Morgan fingerprint density at radius 3 is 1.93 bits per heavy atom. The Kier molecular flexibility index (Phi) is 4.51. The Balaban J connectivity index is 0.000000255. The third kappa shape index (κ3) is 5.49. The third-order valence-corrected chi connectivity index (χ3v) is 3.34. The number of aliphatic carboxylic acids is 2. The molecule has 1 fully saturated rings. The number of carbonyl (C=O) groups is 2. The summed E-state index contributed by atoms with van der Waals surface area (Å²) in [6.45, 7) is 0. The number of hydrogen-bond donors (Lipinski definition) is 2. The second kappa shape index (κ2) is 4.91. The van der Waals surface area contributed by atoms with Gasteiger partial charge < -0.3 is 20.7 Å². The fraction of sp³-hybridized carbons (Fsp3) is 0.667. The van der Waals surface area contributed by atoms with Gasteiger partial charge in [0, 0.05) is 6.42 Å². The normalized spacial score (nSPS) is 23.4. The fourth-order valence-corrected chi connectivity index (χ4v) is 2.62. The Labute approximate surface area is 80.4 Å². The van der Waals surface area contributed by atoms with Gasteiger partial charge in [-0.25, -0.2) is 13.2 Å². The number of rotatable bonds is 0. The van der Waals surface area contributed by atoms with Gasteiger partial charge in [0.2, 0.25) is 0 Å². The van der Waals surface area contributed by atoms with Crippen LogP contribution in [0.5, 0.6) is 0 Å². The maximum absolute atomic E-state index is 10.6. The van der Waals surface area contributed by atoms with Gasteiger partial charge in [0.25, 0.3) is 0 Å².